The fraction of sp³-hybridized carbons (Fsp3) is 1.00. The standard InChI is InChI=1S/C26H52O6/c1-6-11-16-28-22-21(27)23(29-17-12-7-2)25(31-19-14-9-4)26(32-20-15-10-5)24(22)30-18-13-8-3/h21-27H,6-20H2,1-5H3/t21-,22?,23?,24+,25?,26+/m1/s1. The van der Waals surface area contributed by atoms with Crippen molar-refractivity contribution in [3.05, 3.63) is 0 Å². The van der Waals surface area contributed by atoms with E-state index < -0.39 is 18.3 Å². The van der Waals surface area contributed by atoms with Gasteiger partial charge in [0, 0.05) is 33.0 Å². The lowest BCUT2D eigenvalue weighted by Crippen LogP contribution is -2.67. The zero-order valence-corrected chi connectivity index (χ0v) is 21.6. The Hall–Kier alpha value is -0.240. The zero-order valence-electron chi connectivity index (χ0n) is 21.6. The molecule has 0 aliphatic heterocycles. The molecule has 0 aromatic heterocycles. The van der Waals surface area contributed by atoms with Gasteiger partial charge >= 0.3 is 0 Å². The Morgan fingerprint density at radius 1 is 0.406 bits per heavy atom. The van der Waals surface area contributed by atoms with Gasteiger partial charge in [0.25, 0.3) is 0 Å². The van der Waals surface area contributed by atoms with Crippen LogP contribution in [0, 0.1) is 0 Å². The van der Waals surface area contributed by atoms with Crippen LogP contribution < -0.4 is 0 Å². The van der Waals surface area contributed by atoms with Crippen LogP contribution in [0.25, 0.3) is 0 Å². The van der Waals surface area contributed by atoms with E-state index in [-0.39, 0.29) is 18.3 Å². The van der Waals surface area contributed by atoms with Gasteiger partial charge in [-0.3, -0.25) is 0 Å². The Balaban J connectivity index is 3.16. The van der Waals surface area contributed by atoms with Crippen LogP contribution in [0.2, 0.25) is 0 Å². The normalized spacial score (nSPS) is 28.3. The predicted octanol–water partition coefficient (Wildman–Crippen LogP) is 5.29. The molecular formula is C26H52O6. The van der Waals surface area contributed by atoms with Crippen molar-refractivity contribution in [2.45, 2.75) is 135 Å². The second-order valence-corrected chi connectivity index (χ2v) is 8.94. The quantitative estimate of drug-likeness (QED) is 0.249. The summed E-state index contributed by atoms with van der Waals surface area (Å²) < 4.78 is 31.6. The maximum absolute atomic E-state index is 11.4. The van der Waals surface area contributed by atoms with Crippen LogP contribution in [0.3, 0.4) is 0 Å². The second-order valence-electron chi connectivity index (χ2n) is 8.94. The molecule has 192 valence electrons. The average Bonchev–Trinajstić information content (AvgIpc) is 2.79. The number of hydrogen-bond donors (Lipinski definition) is 1. The van der Waals surface area contributed by atoms with E-state index in [1.54, 1.807) is 0 Å². The summed E-state index contributed by atoms with van der Waals surface area (Å²) in [5.74, 6) is 0. The van der Waals surface area contributed by atoms with E-state index in [0.717, 1.165) is 64.2 Å². The third kappa shape index (κ3) is 10.4. The molecule has 1 saturated carbocycles. The molecule has 1 aliphatic carbocycles. The smallest absolute Gasteiger partial charge is 0.115 e. The SMILES string of the molecule is CCCCOC1C(OCCCC)[C@@H](OCCCC)[C@@H](OCCCC)C(OCCCC)[C@H]1O. The van der Waals surface area contributed by atoms with Crippen LogP contribution in [0.15, 0.2) is 0 Å². The highest BCUT2D eigenvalue weighted by molar-refractivity contribution is 5.03. The lowest BCUT2D eigenvalue weighted by Gasteiger charge is -2.48. The van der Waals surface area contributed by atoms with Gasteiger partial charge in [0.2, 0.25) is 0 Å². The number of unbranched alkanes of at least 4 members (excludes halogenated alkanes) is 5. The molecule has 32 heavy (non-hydrogen) atoms. The maximum atomic E-state index is 11.4. The highest BCUT2D eigenvalue weighted by Crippen LogP contribution is 2.33. The first-order chi connectivity index (χ1) is 15.7. The van der Waals surface area contributed by atoms with Crippen molar-refractivity contribution < 1.29 is 28.8 Å². The molecular weight excluding hydrogens is 408 g/mol. The van der Waals surface area contributed by atoms with Crippen LogP contribution >= 0.6 is 0 Å². The van der Waals surface area contributed by atoms with Gasteiger partial charge in [-0.1, -0.05) is 66.7 Å². The minimum absolute atomic E-state index is 0.322. The van der Waals surface area contributed by atoms with Crippen molar-refractivity contribution in [1.82, 2.24) is 0 Å². The van der Waals surface area contributed by atoms with E-state index in [1.165, 1.54) is 0 Å². The van der Waals surface area contributed by atoms with Crippen molar-refractivity contribution in [3.8, 4) is 0 Å². The van der Waals surface area contributed by atoms with Gasteiger partial charge in [-0.25, -0.2) is 0 Å². The Kier molecular flexibility index (Phi) is 17.8. The summed E-state index contributed by atoms with van der Waals surface area (Å²) in [6.07, 6.45) is 7.21. The van der Waals surface area contributed by atoms with Gasteiger partial charge in [-0.2, -0.15) is 0 Å². The third-order valence-electron chi connectivity index (χ3n) is 6.01. The second kappa shape index (κ2) is 19.1. The average molecular weight is 461 g/mol. The van der Waals surface area contributed by atoms with Gasteiger partial charge in [0.15, 0.2) is 0 Å². The number of ether oxygens (including phenoxy) is 5. The molecule has 0 heterocycles. The predicted molar refractivity (Wildman–Crippen MR) is 129 cm³/mol. The third-order valence-corrected chi connectivity index (χ3v) is 6.01. The van der Waals surface area contributed by atoms with E-state index in [4.69, 9.17) is 23.7 Å². The number of rotatable bonds is 20. The fourth-order valence-corrected chi connectivity index (χ4v) is 3.91. The van der Waals surface area contributed by atoms with Gasteiger partial charge in [0.05, 0.1) is 0 Å². The molecule has 1 fully saturated rings. The van der Waals surface area contributed by atoms with Gasteiger partial charge in [-0.15, -0.1) is 0 Å². The summed E-state index contributed by atoms with van der Waals surface area (Å²) in [5, 5.41) is 11.4. The van der Waals surface area contributed by atoms with Crippen LogP contribution in [0.1, 0.15) is 98.8 Å². The first-order valence-electron chi connectivity index (χ1n) is 13.4. The van der Waals surface area contributed by atoms with E-state index in [2.05, 4.69) is 34.6 Å². The van der Waals surface area contributed by atoms with Crippen molar-refractivity contribution in [1.29, 1.82) is 0 Å². The molecule has 0 amide bonds. The lowest BCUT2D eigenvalue weighted by atomic mass is 9.83. The lowest BCUT2D eigenvalue weighted by molar-refractivity contribution is -0.274. The van der Waals surface area contributed by atoms with Crippen molar-refractivity contribution >= 4 is 0 Å². The molecule has 0 aromatic carbocycles. The van der Waals surface area contributed by atoms with Gasteiger partial charge < -0.3 is 28.8 Å². The molecule has 3 unspecified atom stereocenters. The summed E-state index contributed by atoms with van der Waals surface area (Å²) in [4.78, 5) is 0. The topological polar surface area (TPSA) is 66.4 Å². The number of aliphatic hydroxyl groups excluding tert-OH is 1. The van der Waals surface area contributed by atoms with Crippen molar-refractivity contribution in [3.63, 3.8) is 0 Å². The molecule has 6 nitrogen and oxygen atoms in total. The monoisotopic (exact) mass is 460 g/mol. The molecule has 1 aliphatic rings. The largest absolute Gasteiger partial charge is 0.387 e. The Labute approximate surface area is 197 Å². The molecule has 0 spiro atoms. The van der Waals surface area contributed by atoms with Crippen molar-refractivity contribution in [2.24, 2.45) is 0 Å². The molecule has 0 radical (unpaired) electrons. The Morgan fingerprint density at radius 2 is 0.625 bits per heavy atom. The molecule has 1 N–H and O–H groups in total. The number of aliphatic hydroxyl groups is 1. The van der Waals surface area contributed by atoms with Crippen molar-refractivity contribution in [2.75, 3.05) is 33.0 Å². The first kappa shape index (κ1) is 29.8. The number of hydrogen-bond acceptors (Lipinski definition) is 6. The highest BCUT2D eigenvalue weighted by Gasteiger charge is 2.53. The van der Waals surface area contributed by atoms with E-state index in [9.17, 15) is 5.11 Å². The molecule has 0 aromatic rings. The molecule has 6 heteroatoms. The fourth-order valence-electron chi connectivity index (χ4n) is 3.91. The van der Waals surface area contributed by atoms with Crippen LogP contribution in [0.5, 0.6) is 0 Å². The summed E-state index contributed by atoms with van der Waals surface area (Å²) in [7, 11) is 0. The molecule has 1 rings (SSSR count). The zero-order chi connectivity index (χ0) is 23.6. The summed E-state index contributed by atoms with van der Waals surface area (Å²) in [5.41, 5.74) is 0. The minimum atomic E-state index is -0.812. The summed E-state index contributed by atoms with van der Waals surface area (Å²) in [6, 6.07) is 0. The summed E-state index contributed by atoms with van der Waals surface area (Å²) in [6.45, 7) is 13.8. The molecule has 0 saturated heterocycles. The highest BCUT2D eigenvalue weighted by atomic mass is 16.6. The van der Waals surface area contributed by atoms with Crippen LogP contribution in [-0.2, 0) is 23.7 Å². The first-order valence-corrected chi connectivity index (χ1v) is 13.4. The van der Waals surface area contributed by atoms with Crippen LogP contribution in [0.4, 0.5) is 0 Å². The molecule has 0 bridgehead atoms. The Bertz CT molecular complexity index is 389. The van der Waals surface area contributed by atoms with Gasteiger partial charge in [0.1, 0.15) is 36.6 Å². The maximum Gasteiger partial charge on any atom is 0.115 e. The minimum Gasteiger partial charge on any atom is -0.387 e. The van der Waals surface area contributed by atoms with E-state index in [0.29, 0.717) is 33.0 Å². The Morgan fingerprint density at radius 3 is 0.875 bits per heavy atom. The summed E-state index contributed by atoms with van der Waals surface area (Å²) >= 11 is 0. The van der Waals surface area contributed by atoms with E-state index >= 15 is 0 Å². The van der Waals surface area contributed by atoms with Crippen LogP contribution in [-0.4, -0.2) is 74.8 Å². The molecule has 6 atom stereocenters. The van der Waals surface area contributed by atoms with E-state index in [1.807, 2.05) is 0 Å². The van der Waals surface area contributed by atoms with Gasteiger partial charge in [-0.05, 0) is 32.1 Å².